The Morgan fingerprint density at radius 3 is 3.15 bits per heavy atom. The van der Waals surface area contributed by atoms with E-state index in [1.54, 1.807) is 6.07 Å². The molecule has 0 saturated carbocycles. The highest BCUT2D eigenvalue weighted by Crippen LogP contribution is 2.12. The number of rotatable bonds is 3. The molecule has 68 valence electrons. The molecular weight excluding hydrogens is 162 g/mol. The van der Waals surface area contributed by atoms with E-state index in [0.29, 0.717) is 6.42 Å². The number of nitrogens with zero attached hydrogens (tertiary/aromatic N) is 1. The van der Waals surface area contributed by atoms with Gasteiger partial charge < -0.3 is 5.11 Å². The Bertz CT molecular complexity index is 281. The fraction of sp³-hybridized carbons (Fsp3) is 0.364. The maximum Gasteiger partial charge on any atom is 0.140 e. The van der Waals surface area contributed by atoms with Crippen molar-refractivity contribution < 1.29 is 5.11 Å². The number of allylic oxidation sites excluding steroid dienone is 6. The van der Waals surface area contributed by atoms with Gasteiger partial charge in [0, 0.05) is 0 Å². The van der Waals surface area contributed by atoms with Crippen molar-refractivity contribution in [3.8, 4) is 6.07 Å². The fourth-order valence-electron chi connectivity index (χ4n) is 1.16. The molecule has 2 nitrogen and oxygen atoms in total. The molecular formula is C11H13NO. The summed E-state index contributed by atoms with van der Waals surface area (Å²) in [5.41, 5.74) is 1.17. The summed E-state index contributed by atoms with van der Waals surface area (Å²) in [7, 11) is 0. The summed E-state index contributed by atoms with van der Waals surface area (Å²) < 4.78 is 0. The second-order valence-electron chi connectivity index (χ2n) is 2.99. The average Bonchev–Trinajstić information content (AvgIpc) is 2.42. The zero-order valence-corrected chi connectivity index (χ0v) is 7.48. The lowest BCUT2D eigenvalue weighted by molar-refractivity contribution is 0.220. The Kier molecular flexibility index (Phi) is 4.01. The Labute approximate surface area is 78.5 Å². The first-order valence-electron chi connectivity index (χ1n) is 4.43. The van der Waals surface area contributed by atoms with Crippen molar-refractivity contribution in [2.75, 3.05) is 0 Å². The van der Waals surface area contributed by atoms with Gasteiger partial charge in [-0.3, -0.25) is 0 Å². The quantitative estimate of drug-likeness (QED) is 0.667. The van der Waals surface area contributed by atoms with E-state index in [9.17, 15) is 0 Å². The van der Waals surface area contributed by atoms with Crippen LogP contribution < -0.4 is 0 Å². The van der Waals surface area contributed by atoms with Crippen molar-refractivity contribution in [1.82, 2.24) is 0 Å². The van der Waals surface area contributed by atoms with E-state index in [4.69, 9.17) is 10.4 Å². The smallest absolute Gasteiger partial charge is 0.140 e. The molecule has 0 fully saturated rings. The van der Waals surface area contributed by atoms with Gasteiger partial charge in [0.2, 0.25) is 0 Å². The van der Waals surface area contributed by atoms with Crippen LogP contribution in [0.25, 0.3) is 0 Å². The lowest BCUT2D eigenvalue weighted by Crippen LogP contribution is -2.01. The Morgan fingerprint density at radius 2 is 2.38 bits per heavy atom. The Hall–Kier alpha value is -1.33. The van der Waals surface area contributed by atoms with Crippen LogP contribution in [0.2, 0.25) is 0 Å². The lowest BCUT2D eigenvalue weighted by Gasteiger charge is -2.01. The van der Waals surface area contributed by atoms with Crippen LogP contribution >= 0.6 is 0 Å². The maximum atomic E-state index is 9.03. The van der Waals surface area contributed by atoms with Gasteiger partial charge in [-0.05, 0) is 24.8 Å². The van der Waals surface area contributed by atoms with Crippen molar-refractivity contribution in [1.29, 1.82) is 5.26 Å². The molecule has 1 rings (SSSR count). The molecule has 1 N–H and O–H groups in total. The van der Waals surface area contributed by atoms with E-state index in [2.05, 4.69) is 12.2 Å². The summed E-state index contributed by atoms with van der Waals surface area (Å²) in [6.07, 6.45) is 11.6. The first kappa shape index (κ1) is 9.76. The zero-order chi connectivity index (χ0) is 9.52. The second kappa shape index (κ2) is 5.34. The molecule has 0 bridgehead atoms. The molecule has 0 aromatic carbocycles. The van der Waals surface area contributed by atoms with Gasteiger partial charge in [0.15, 0.2) is 0 Å². The SMILES string of the molecule is N#C[C@@H](O)CCC1=CC=CCC=C1. The normalized spacial score (nSPS) is 17.4. The largest absolute Gasteiger partial charge is 0.378 e. The third-order valence-corrected chi connectivity index (χ3v) is 1.91. The molecule has 0 saturated heterocycles. The molecule has 13 heavy (non-hydrogen) atoms. The summed E-state index contributed by atoms with van der Waals surface area (Å²) in [5, 5.41) is 17.4. The summed E-state index contributed by atoms with van der Waals surface area (Å²) in [4.78, 5) is 0. The van der Waals surface area contributed by atoms with Crippen LogP contribution in [0.1, 0.15) is 19.3 Å². The summed E-state index contributed by atoms with van der Waals surface area (Å²) in [6, 6.07) is 1.81. The van der Waals surface area contributed by atoms with Gasteiger partial charge in [0.1, 0.15) is 6.10 Å². The van der Waals surface area contributed by atoms with Gasteiger partial charge >= 0.3 is 0 Å². The molecule has 0 aromatic heterocycles. The highest BCUT2D eigenvalue weighted by Gasteiger charge is 2.02. The second-order valence-corrected chi connectivity index (χ2v) is 2.99. The van der Waals surface area contributed by atoms with Crippen LogP contribution in [-0.2, 0) is 0 Å². The van der Waals surface area contributed by atoms with Crippen molar-refractivity contribution in [2.45, 2.75) is 25.4 Å². The molecule has 0 spiro atoms. The summed E-state index contributed by atoms with van der Waals surface area (Å²) in [6.45, 7) is 0. The molecule has 0 aromatic rings. The van der Waals surface area contributed by atoms with Gasteiger partial charge in [-0.2, -0.15) is 5.26 Å². The van der Waals surface area contributed by atoms with Crippen LogP contribution in [0, 0.1) is 11.3 Å². The lowest BCUT2D eigenvalue weighted by atomic mass is 10.1. The number of hydrogen-bond donors (Lipinski definition) is 1. The Morgan fingerprint density at radius 1 is 1.54 bits per heavy atom. The topological polar surface area (TPSA) is 44.0 Å². The van der Waals surface area contributed by atoms with Crippen LogP contribution in [0.3, 0.4) is 0 Å². The zero-order valence-electron chi connectivity index (χ0n) is 7.48. The highest BCUT2D eigenvalue weighted by molar-refractivity contribution is 5.27. The average molecular weight is 175 g/mol. The Balaban J connectivity index is 2.41. The van der Waals surface area contributed by atoms with Crippen molar-refractivity contribution >= 4 is 0 Å². The third-order valence-electron chi connectivity index (χ3n) is 1.91. The molecule has 0 heterocycles. The molecule has 0 amide bonds. The van der Waals surface area contributed by atoms with Gasteiger partial charge in [-0.15, -0.1) is 0 Å². The number of aliphatic hydroxyl groups excluding tert-OH is 1. The van der Waals surface area contributed by atoms with Crippen LogP contribution in [0.5, 0.6) is 0 Å². The first-order chi connectivity index (χ1) is 6.33. The van der Waals surface area contributed by atoms with Crippen molar-refractivity contribution in [3.05, 3.63) is 36.0 Å². The number of nitriles is 1. The van der Waals surface area contributed by atoms with Crippen LogP contribution in [-0.4, -0.2) is 11.2 Å². The molecule has 1 aliphatic rings. The number of aliphatic hydroxyl groups is 1. The van der Waals surface area contributed by atoms with Gasteiger partial charge in [0.25, 0.3) is 0 Å². The maximum absolute atomic E-state index is 9.03. The van der Waals surface area contributed by atoms with E-state index in [0.717, 1.165) is 12.8 Å². The van der Waals surface area contributed by atoms with Gasteiger partial charge in [-0.25, -0.2) is 0 Å². The minimum atomic E-state index is -0.832. The minimum absolute atomic E-state index is 0.514. The van der Waals surface area contributed by atoms with E-state index in [1.807, 2.05) is 18.2 Å². The molecule has 0 unspecified atom stereocenters. The number of hydrogen-bond acceptors (Lipinski definition) is 2. The minimum Gasteiger partial charge on any atom is -0.378 e. The van der Waals surface area contributed by atoms with Crippen LogP contribution in [0.15, 0.2) is 36.0 Å². The standard InChI is InChI=1S/C11H13NO/c12-9-11(13)8-7-10-5-3-1-2-4-6-10/h1,3-6,11,13H,2,7-8H2/t11-/m0/s1. The molecule has 0 aliphatic heterocycles. The predicted octanol–water partition coefficient (Wildman–Crippen LogP) is 2.09. The van der Waals surface area contributed by atoms with Crippen LogP contribution in [0.4, 0.5) is 0 Å². The van der Waals surface area contributed by atoms with E-state index in [-0.39, 0.29) is 0 Å². The third kappa shape index (κ3) is 3.73. The monoisotopic (exact) mass is 175 g/mol. The first-order valence-corrected chi connectivity index (χ1v) is 4.43. The molecule has 2 heteroatoms. The van der Waals surface area contributed by atoms with E-state index < -0.39 is 6.10 Å². The van der Waals surface area contributed by atoms with Crippen molar-refractivity contribution in [3.63, 3.8) is 0 Å². The van der Waals surface area contributed by atoms with Gasteiger partial charge in [0.05, 0.1) is 6.07 Å². The highest BCUT2D eigenvalue weighted by atomic mass is 16.3. The summed E-state index contributed by atoms with van der Waals surface area (Å²) in [5.74, 6) is 0. The van der Waals surface area contributed by atoms with Crippen molar-refractivity contribution in [2.24, 2.45) is 0 Å². The molecule has 1 aliphatic carbocycles. The van der Waals surface area contributed by atoms with E-state index >= 15 is 0 Å². The molecule has 1 atom stereocenters. The molecule has 0 radical (unpaired) electrons. The van der Waals surface area contributed by atoms with E-state index in [1.165, 1.54) is 5.57 Å². The summed E-state index contributed by atoms with van der Waals surface area (Å²) >= 11 is 0. The van der Waals surface area contributed by atoms with Gasteiger partial charge in [-0.1, -0.05) is 30.4 Å². The fourth-order valence-corrected chi connectivity index (χ4v) is 1.16. The predicted molar refractivity (Wildman–Crippen MR) is 51.8 cm³/mol.